The number of carbonyl (C=O) groups excluding carboxylic acids is 1. The molecule has 1 amide bonds. The van der Waals surface area contributed by atoms with Crippen LogP contribution in [0, 0.1) is 34.5 Å². The zero-order chi connectivity index (χ0) is 16.1. The Morgan fingerprint density at radius 1 is 1.36 bits per heavy atom. The van der Waals surface area contributed by atoms with E-state index in [0.717, 1.165) is 4.90 Å². The first kappa shape index (κ1) is 16.7. The highest BCUT2D eigenvalue weighted by atomic mass is 35.5. The van der Waals surface area contributed by atoms with E-state index in [0.29, 0.717) is 36.5 Å². The van der Waals surface area contributed by atoms with Crippen molar-refractivity contribution in [3.8, 4) is 12.1 Å². The maximum atomic E-state index is 12.6. The second-order valence-electron chi connectivity index (χ2n) is 5.21. The predicted octanol–water partition coefficient (Wildman–Crippen LogP) is 3.58. The Bertz CT molecular complexity index is 628. The predicted molar refractivity (Wildman–Crippen MR) is 86.6 cm³/mol. The molecule has 1 fully saturated rings. The van der Waals surface area contributed by atoms with E-state index < -0.39 is 5.92 Å². The molecule has 0 radical (unpaired) electrons. The third kappa shape index (κ3) is 3.55. The van der Waals surface area contributed by atoms with Crippen molar-refractivity contribution in [3.63, 3.8) is 0 Å². The monoisotopic (exact) mass is 333 g/mol. The van der Waals surface area contributed by atoms with E-state index in [4.69, 9.17) is 22.1 Å². The molecule has 0 aliphatic carbocycles. The highest BCUT2D eigenvalue weighted by molar-refractivity contribution is 7.98. The van der Waals surface area contributed by atoms with E-state index in [-0.39, 0.29) is 11.8 Å². The molecular formula is C16H16ClN3OS. The molecule has 22 heavy (non-hydrogen) atoms. The molecule has 0 unspecified atom stereocenters. The Morgan fingerprint density at radius 3 is 2.55 bits per heavy atom. The smallest absolute Gasteiger partial charge is 0.255 e. The van der Waals surface area contributed by atoms with Crippen LogP contribution in [0.25, 0.3) is 0 Å². The maximum Gasteiger partial charge on any atom is 0.255 e. The van der Waals surface area contributed by atoms with Crippen molar-refractivity contribution < 1.29 is 4.79 Å². The molecule has 0 spiro atoms. The van der Waals surface area contributed by atoms with Gasteiger partial charge in [0.15, 0.2) is 0 Å². The average Bonchev–Trinajstić information content (AvgIpc) is 2.56. The number of piperidine rings is 1. The quantitative estimate of drug-likeness (QED) is 0.793. The van der Waals surface area contributed by atoms with Crippen LogP contribution in [0.1, 0.15) is 23.2 Å². The molecule has 114 valence electrons. The Hall–Kier alpha value is -1.69. The lowest BCUT2D eigenvalue weighted by atomic mass is 9.86. The van der Waals surface area contributed by atoms with Gasteiger partial charge in [-0.3, -0.25) is 4.79 Å². The summed E-state index contributed by atoms with van der Waals surface area (Å²) in [5, 5.41) is 18.4. The minimum absolute atomic E-state index is 0.0482. The number of nitrogens with zero attached hydrogens (tertiary/aromatic N) is 3. The van der Waals surface area contributed by atoms with Gasteiger partial charge in [-0.15, -0.1) is 11.8 Å². The van der Waals surface area contributed by atoms with Gasteiger partial charge in [0, 0.05) is 18.0 Å². The van der Waals surface area contributed by atoms with Crippen LogP contribution in [0.15, 0.2) is 23.1 Å². The summed E-state index contributed by atoms with van der Waals surface area (Å²) in [6, 6.07) is 9.51. The van der Waals surface area contributed by atoms with Gasteiger partial charge in [0.1, 0.15) is 5.92 Å². The Kier molecular flexibility index (Phi) is 5.71. The first-order valence-electron chi connectivity index (χ1n) is 7.02. The largest absolute Gasteiger partial charge is 0.339 e. The fourth-order valence-corrected chi connectivity index (χ4v) is 3.28. The second kappa shape index (κ2) is 7.54. The van der Waals surface area contributed by atoms with Gasteiger partial charge in [0.25, 0.3) is 5.91 Å². The van der Waals surface area contributed by atoms with Gasteiger partial charge >= 0.3 is 0 Å². The molecule has 1 aliphatic rings. The molecule has 1 aromatic carbocycles. The maximum absolute atomic E-state index is 12.6. The summed E-state index contributed by atoms with van der Waals surface area (Å²) in [5.41, 5.74) is 0.518. The molecule has 2 rings (SSSR count). The van der Waals surface area contributed by atoms with Crippen LogP contribution < -0.4 is 0 Å². The van der Waals surface area contributed by atoms with Crippen molar-refractivity contribution >= 4 is 29.3 Å². The fourth-order valence-electron chi connectivity index (χ4n) is 2.64. The highest BCUT2D eigenvalue weighted by Gasteiger charge is 2.29. The third-order valence-electron chi connectivity index (χ3n) is 3.98. The van der Waals surface area contributed by atoms with Crippen LogP contribution in [0.3, 0.4) is 0 Å². The number of amides is 1. The summed E-state index contributed by atoms with van der Waals surface area (Å²) in [6.45, 7) is 1.12. The summed E-state index contributed by atoms with van der Waals surface area (Å²) in [5.74, 6) is -0.613. The van der Waals surface area contributed by atoms with Gasteiger partial charge in [-0.25, -0.2) is 0 Å². The zero-order valence-corrected chi connectivity index (χ0v) is 13.8. The molecular weight excluding hydrogens is 318 g/mol. The minimum Gasteiger partial charge on any atom is -0.339 e. The van der Waals surface area contributed by atoms with E-state index in [9.17, 15) is 4.79 Å². The Balaban J connectivity index is 2.07. The molecule has 4 nitrogen and oxygen atoms in total. The number of hydrogen-bond donors (Lipinski definition) is 0. The van der Waals surface area contributed by atoms with E-state index in [1.165, 1.54) is 0 Å². The van der Waals surface area contributed by atoms with Gasteiger partial charge in [0.2, 0.25) is 0 Å². The first-order valence-corrected chi connectivity index (χ1v) is 8.63. The van der Waals surface area contributed by atoms with Gasteiger partial charge < -0.3 is 4.90 Å². The molecule has 0 N–H and O–H groups in total. The van der Waals surface area contributed by atoms with Crippen LogP contribution in [-0.4, -0.2) is 30.2 Å². The molecule has 1 heterocycles. The molecule has 1 aliphatic heterocycles. The number of rotatable bonds is 3. The lowest BCUT2D eigenvalue weighted by molar-refractivity contribution is 0.0682. The Labute approximate surface area is 139 Å². The van der Waals surface area contributed by atoms with E-state index in [1.54, 1.807) is 22.7 Å². The van der Waals surface area contributed by atoms with Crippen molar-refractivity contribution in [3.05, 3.63) is 28.8 Å². The summed E-state index contributed by atoms with van der Waals surface area (Å²) < 4.78 is 0. The molecule has 6 heteroatoms. The number of halogens is 1. The zero-order valence-electron chi connectivity index (χ0n) is 12.3. The summed E-state index contributed by atoms with van der Waals surface area (Å²) >= 11 is 7.71. The Morgan fingerprint density at radius 2 is 2.00 bits per heavy atom. The molecule has 0 atom stereocenters. The van der Waals surface area contributed by atoms with Crippen molar-refractivity contribution in [2.24, 2.45) is 11.8 Å². The standard InChI is InChI=1S/C16H16ClN3OS/c1-22-13-2-3-15(17)14(8-13)16(21)20-6-4-11(5-7-20)12(9-18)10-19/h2-3,8,11-12H,4-7H2,1H3. The van der Waals surface area contributed by atoms with Crippen LogP contribution in [-0.2, 0) is 0 Å². The van der Waals surface area contributed by atoms with Gasteiger partial charge in [-0.1, -0.05) is 11.6 Å². The normalized spacial score (nSPS) is 15.4. The van der Waals surface area contributed by atoms with Gasteiger partial charge in [0.05, 0.1) is 22.7 Å². The van der Waals surface area contributed by atoms with Crippen molar-refractivity contribution in [2.75, 3.05) is 19.3 Å². The molecule has 0 saturated carbocycles. The molecule has 0 aromatic heterocycles. The van der Waals surface area contributed by atoms with Crippen LogP contribution >= 0.6 is 23.4 Å². The number of benzene rings is 1. The number of carbonyl (C=O) groups is 1. The number of nitriles is 2. The summed E-state index contributed by atoms with van der Waals surface area (Å²) in [6.07, 6.45) is 3.31. The number of thioether (sulfide) groups is 1. The lowest BCUT2D eigenvalue weighted by Crippen LogP contribution is -2.40. The summed E-state index contributed by atoms with van der Waals surface area (Å²) in [4.78, 5) is 15.4. The van der Waals surface area contributed by atoms with Crippen molar-refractivity contribution in [1.29, 1.82) is 10.5 Å². The summed E-state index contributed by atoms with van der Waals surface area (Å²) in [7, 11) is 0. The molecule has 1 aromatic rings. The average molecular weight is 334 g/mol. The van der Waals surface area contributed by atoms with Crippen LogP contribution in [0.2, 0.25) is 5.02 Å². The second-order valence-corrected chi connectivity index (χ2v) is 6.50. The van der Waals surface area contributed by atoms with Crippen LogP contribution in [0.5, 0.6) is 0 Å². The van der Waals surface area contributed by atoms with E-state index in [1.807, 2.05) is 30.5 Å². The topological polar surface area (TPSA) is 67.9 Å². The van der Waals surface area contributed by atoms with Gasteiger partial charge in [-0.05, 0) is 43.2 Å². The number of hydrogen-bond acceptors (Lipinski definition) is 4. The SMILES string of the molecule is CSc1ccc(Cl)c(C(=O)N2CCC(C(C#N)C#N)CC2)c1. The van der Waals surface area contributed by atoms with E-state index in [2.05, 4.69) is 0 Å². The third-order valence-corrected chi connectivity index (χ3v) is 5.04. The van der Waals surface area contributed by atoms with Crippen molar-refractivity contribution in [2.45, 2.75) is 17.7 Å². The number of likely N-dealkylation sites (tertiary alicyclic amines) is 1. The highest BCUT2D eigenvalue weighted by Crippen LogP contribution is 2.28. The van der Waals surface area contributed by atoms with Crippen LogP contribution in [0.4, 0.5) is 0 Å². The van der Waals surface area contributed by atoms with E-state index >= 15 is 0 Å². The fraction of sp³-hybridized carbons (Fsp3) is 0.438. The molecule has 0 bridgehead atoms. The minimum atomic E-state index is -0.583. The van der Waals surface area contributed by atoms with Gasteiger partial charge in [-0.2, -0.15) is 10.5 Å². The van der Waals surface area contributed by atoms with Crippen molar-refractivity contribution in [1.82, 2.24) is 4.90 Å². The lowest BCUT2D eigenvalue weighted by Gasteiger charge is -2.32. The molecule has 1 saturated heterocycles. The first-order chi connectivity index (χ1) is 10.6.